The highest BCUT2D eigenvalue weighted by Gasteiger charge is 2.32. The minimum Gasteiger partial charge on any atom is -0.460 e. The lowest BCUT2D eigenvalue weighted by Gasteiger charge is -2.24. The van der Waals surface area contributed by atoms with Crippen molar-refractivity contribution in [2.45, 2.75) is 25.9 Å². The number of nitrogens with zero attached hydrogens (tertiary/aromatic N) is 1. The molecule has 0 saturated heterocycles. The molecule has 0 radical (unpaired) electrons. The van der Waals surface area contributed by atoms with Crippen LogP contribution in [-0.2, 0) is 23.2 Å². The van der Waals surface area contributed by atoms with Gasteiger partial charge in [-0.25, -0.2) is 0 Å². The molecule has 2 heterocycles. The number of aromatic nitrogens is 1. The minimum absolute atomic E-state index is 0.0801. The van der Waals surface area contributed by atoms with Crippen LogP contribution in [-0.4, -0.2) is 10.5 Å². The molecule has 1 aliphatic rings. The van der Waals surface area contributed by atoms with Gasteiger partial charge in [0.1, 0.15) is 6.61 Å². The van der Waals surface area contributed by atoms with E-state index in [-0.39, 0.29) is 24.1 Å². The molecule has 5 heteroatoms. The monoisotopic (exact) mass is 285 g/mol. The Balaban J connectivity index is 2.71. The van der Waals surface area contributed by atoms with Crippen molar-refractivity contribution in [1.82, 2.24) is 4.57 Å². The molecule has 1 atom stereocenters. The second-order valence-corrected chi connectivity index (χ2v) is 4.71. The smallest absolute Gasteiger partial charge is 0.313 e. The summed E-state index contributed by atoms with van der Waals surface area (Å²) in [5.41, 5.74) is 1.29. The quantitative estimate of drug-likeness (QED) is 0.738. The van der Waals surface area contributed by atoms with E-state index in [0.29, 0.717) is 12.0 Å². The molecule has 16 heavy (non-hydrogen) atoms. The van der Waals surface area contributed by atoms with E-state index in [1.165, 1.54) is 4.57 Å². The van der Waals surface area contributed by atoms with Crippen LogP contribution in [0.4, 0.5) is 0 Å². The molecule has 0 saturated carbocycles. The highest BCUT2D eigenvalue weighted by atomic mass is 79.9. The van der Waals surface area contributed by atoms with Gasteiger partial charge < -0.3 is 9.30 Å². The fraction of sp³-hybridized carbons (Fsp3) is 0.455. The molecule has 86 valence electrons. The molecule has 2 rings (SSSR count). The van der Waals surface area contributed by atoms with Crippen LogP contribution in [0.25, 0.3) is 0 Å². The number of hydrogen-bond donors (Lipinski definition) is 0. The normalized spacial score (nSPS) is 19.2. The molecule has 1 aliphatic heterocycles. The van der Waals surface area contributed by atoms with Crippen molar-refractivity contribution in [1.29, 1.82) is 0 Å². The molecule has 1 unspecified atom stereocenters. The Hall–Kier alpha value is -1.10. The summed E-state index contributed by atoms with van der Waals surface area (Å²) in [6, 6.07) is 0. The Kier molecular flexibility index (Phi) is 2.88. The Labute approximate surface area is 101 Å². The number of esters is 1. The highest BCUT2D eigenvalue weighted by Crippen LogP contribution is 2.33. The maximum atomic E-state index is 11.9. The van der Waals surface area contributed by atoms with Crippen molar-refractivity contribution in [2.24, 2.45) is 7.05 Å². The third-order valence-electron chi connectivity index (χ3n) is 2.87. The van der Waals surface area contributed by atoms with Gasteiger partial charge in [-0.3, -0.25) is 9.59 Å². The van der Waals surface area contributed by atoms with Gasteiger partial charge in [0.25, 0.3) is 5.56 Å². The first-order chi connectivity index (χ1) is 7.56. The Bertz CT molecular complexity index is 507. The van der Waals surface area contributed by atoms with Crippen LogP contribution < -0.4 is 5.56 Å². The summed E-state index contributed by atoms with van der Waals surface area (Å²) >= 11 is 3.41. The molecule has 4 nitrogen and oxygen atoms in total. The molecular weight excluding hydrogens is 274 g/mol. The number of cyclic esters (lactones) is 1. The lowest BCUT2D eigenvalue weighted by Crippen LogP contribution is -2.31. The molecule has 1 aromatic heterocycles. The molecule has 0 aromatic carbocycles. The number of rotatable bonds is 1. The SMILES string of the molecule is CCC1C(=O)OCc2c1c(Br)cn(C)c2=O. The average molecular weight is 286 g/mol. The van der Waals surface area contributed by atoms with Crippen LogP contribution >= 0.6 is 15.9 Å². The molecule has 1 aromatic rings. The second kappa shape index (κ2) is 4.05. The molecule has 0 amide bonds. The summed E-state index contributed by atoms with van der Waals surface area (Å²) in [5, 5.41) is 0. The van der Waals surface area contributed by atoms with Crippen LogP contribution in [0.15, 0.2) is 15.5 Å². The van der Waals surface area contributed by atoms with Crippen molar-refractivity contribution in [3.8, 4) is 0 Å². The van der Waals surface area contributed by atoms with Gasteiger partial charge in [-0.15, -0.1) is 0 Å². The summed E-state index contributed by atoms with van der Waals surface area (Å²) in [4.78, 5) is 23.5. The van der Waals surface area contributed by atoms with Gasteiger partial charge in [0, 0.05) is 17.7 Å². The van der Waals surface area contributed by atoms with Crippen molar-refractivity contribution in [2.75, 3.05) is 0 Å². The lowest BCUT2D eigenvalue weighted by atomic mass is 9.91. The maximum absolute atomic E-state index is 11.9. The zero-order valence-corrected chi connectivity index (χ0v) is 10.7. The fourth-order valence-corrected chi connectivity index (χ4v) is 2.84. The zero-order chi connectivity index (χ0) is 11.9. The second-order valence-electron chi connectivity index (χ2n) is 3.85. The van der Waals surface area contributed by atoms with Crippen LogP contribution in [0.3, 0.4) is 0 Å². The van der Waals surface area contributed by atoms with Gasteiger partial charge in [0.2, 0.25) is 0 Å². The van der Waals surface area contributed by atoms with Gasteiger partial charge in [-0.1, -0.05) is 6.92 Å². The predicted octanol–water partition coefficient (Wildman–Crippen LogP) is 1.70. The van der Waals surface area contributed by atoms with Crippen LogP contribution in [0.1, 0.15) is 30.4 Å². The Morgan fingerprint density at radius 2 is 2.25 bits per heavy atom. The van der Waals surface area contributed by atoms with Crippen molar-refractivity contribution < 1.29 is 9.53 Å². The van der Waals surface area contributed by atoms with E-state index < -0.39 is 0 Å². The number of carbonyl (C=O) groups is 1. The van der Waals surface area contributed by atoms with Crippen LogP contribution in [0.2, 0.25) is 0 Å². The molecular formula is C11H12BrNO3. The van der Waals surface area contributed by atoms with E-state index in [4.69, 9.17) is 4.74 Å². The summed E-state index contributed by atoms with van der Waals surface area (Å²) in [6.45, 7) is 1.99. The molecule has 0 N–H and O–H groups in total. The van der Waals surface area contributed by atoms with E-state index in [1.54, 1.807) is 13.2 Å². The van der Waals surface area contributed by atoms with Crippen LogP contribution in [0, 0.1) is 0 Å². The fourth-order valence-electron chi connectivity index (χ4n) is 2.02. The largest absolute Gasteiger partial charge is 0.460 e. The van der Waals surface area contributed by atoms with Gasteiger partial charge in [-0.2, -0.15) is 0 Å². The number of aryl methyl sites for hydroxylation is 1. The van der Waals surface area contributed by atoms with Gasteiger partial charge in [-0.05, 0) is 27.9 Å². The van der Waals surface area contributed by atoms with Crippen molar-refractivity contribution in [3.05, 3.63) is 32.2 Å². The van der Waals surface area contributed by atoms with Gasteiger partial charge >= 0.3 is 5.97 Å². The molecule has 0 fully saturated rings. The summed E-state index contributed by atoms with van der Waals surface area (Å²) in [5.74, 6) is -0.573. The van der Waals surface area contributed by atoms with Crippen molar-refractivity contribution in [3.63, 3.8) is 0 Å². The van der Waals surface area contributed by atoms with Gasteiger partial charge in [0.05, 0.1) is 11.5 Å². The number of hydrogen-bond acceptors (Lipinski definition) is 3. The molecule has 0 bridgehead atoms. The first-order valence-electron chi connectivity index (χ1n) is 5.10. The van der Waals surface area contributed by atoms with E-state index in [9.17, 15) is 9.59 Å². The topological polar surface area (TPSA) is 48.3 Å². The first-order valence-corrected chi connectivity index (χ1v) is 5.90. The lowest BCUT2D eigenvalue weighted by molar-refractivity contribution is -0.148. The summed E-state index contributed by atoms with van der Waals surface area (Å²) in [6.07, 6.45) is 2.33. The van der Waals surface area contributed by atoms with E-state index in [1.807, 2.05) is 6.92 Å². The molecule has 0 spiro atoms. The van der Waals surface area contributed by atoms with Crippen LogP contribution in [0.5, 0.6) is 0 Å². The number of carbonyl (C=O) groups excluding carboxylic acids is 1. The highest BCUT2D eigenvalue weighted by molar-refractivity contribution is 9.10. The van der Waals surface area contributed by atoms with E-state index in [2.05, 4.69) is 15.9 Å². The number of fused-ring (bicyclic) bond motifs is 1. The minimum atomic E-state index is -0.327. The zero-order valence-electron chi connectivity index (χ0n) is 9.12. The Morgan fingerprint density at radius 3 is 2.88 bits per heavy atom. The van der Waals surface area contributed by atoms with E-state index in [0.717, 1.165) is 10.0 Å². The summed E-state index contributed by atoms with van der Waals surface area (Å²) in [7, 11) is 1.69. The Morgan fingerprint density at radius 1 is 1.56 bits per heavy atom. The average Bonchev–Trinajstić information content (AvgIpc) is 2.25. The van der Waals surface area contributed by atoms with Gasteiger partial charge in [0.15, 0.2) is 0 Å². The third kappa shape index (κ3) is 1.59. The third-order valence-corrected chi connectivity index (χ3v) is 3.50. The van der Waals surface area contributed by atoms with Crippen molar-refractivity contribution >= 4 is 21.9 Å². The number of ether oxygens (including phenoxy) is 1. The number of pyridine rings is 1. The van der Waals surface area contributed by atoms with E-state index >= 15 is 0 Å². The first kappa shape index (κ1) is 11.4. The standard InChI is InChI=1S/C11H12BrNO3/c1-3-6-9-7(5-16-11(6)15)10(14)13(2)4-8(9)12/h4,6H,3,5H2,1-2H3. The number of halogens is 1. The molecule has 0 aliphatic carbocycles. The summed E-state index contributed by atoms with van der Waals surface area (Å²) < 4.78 is 7.32. The maximum Gasteiger partial charge on any atom is 0.313 e. The predicted molar refractivity (Wildman–Crippen MR) is 62.2 cm³/mol.